The van der Waals surface area contributed by atoms with Crippen molar-refractivity contribution in [1.29, 1.82) is 0 Å². The summed E-state index contributed by atoms with van der Waals surface area (Å²) in [5.74, 6) is -1.77. The summed E-state index contributed by atoms with van der Waals surface area (Å²) in [6.45, 7) is 0. The van der Waals surface area contributed by atoms with Crippen LogP contribution in [0.5, 0.6) is 0 Å². The van der Waals surface area contributed by atoms with Crippen molar-refractivity contribution in [1.82, 2.24) is 0 Å². The lowest BCUT2D eigenvalue weighted by molar-refractivity contribution is 0.205. The molecule has 0 unspecified atom stereocenters. The van der Waals surface area contributed by atoms with Crippen molar-refractivity contribution < 1.29 is 19.5 Å². The summed E-state index contributed by atoms with van der Waals surface area (Å²) in [5, 5.41) is 9.59. The Kier molecular flexibility index (Phi) is 3.11. The number of halogens is 1. The third-order valence-electron chi connectivity index (χ3n) is 1.49. The molecule has 72 valence electrons. The van der Waals surface area contributed by atoms with Crippen molar-refractivity contribution in [3.8, 4) is 0 Å². The van der Waals surface area contributed by atoms with Gasteiger partial charge in [-0.3, -0.25) is 4.57 Å². The molecule has 0 heterocycles. The van der Waals surface area contributed by atoms with Crippen molar-refractivity contribution in [2.75, 3.05) is 0 Å². The molecule has 0 amide bonds. The van der Waals surface area contributed by atoms with Crippen molar-refractivity contribution in [3.63, 3.8) is 0 Å². The summed E-state index contributed by atoms with van der Waals surface area (Å²) in [6, 6.07) is 5.64. The first kappa shape index (κ1) is 10.7. The summed E-state index contributed by atoms with van der Waals surface area (Å²) >= 11 is 5.55. The van der Waals surface area contributed by atoms with Crippen LogP contribution >= 0.6 is 19.2 Å². The first-order valence-electron chi connectivity index (χ1n) is 3.40. The molecule has 0 aromatic heterocycles. The maximum atomic E-state index is 10.6. The quantitative estimate of drug-likeness (QED) is 0.663. The first-order valence-corrected chi connectivity index (χ1v) is 5.46. The van der Waals surface area contributed by atoms with Gasteiger partial charge in [0.25, 0.3) is 0 Å². The van der Waals surface area contributed by atoms with Crippen LogP contribution in [0.1, 0.15) is 11.4 Å². The third kappa shape index (κ3) is 2.79. The minimum atomic E-state index is -4.48. The molecule has 13 heavy (non-hydrogen) atoms. The van der Waals surface area contributed by atoms with E-state index in [2.05, 4.69) is 0 Å². The Morgan fingerprint density at radius 3 is 2.08 bits per heavy atom. The highest BCUT2D eigenvalue weighted by Crippen LogP contribution is 2.49. The van der Waals surface area contributed by atoms with Gasteiger partial charge in [-0.2, -0.15) is 0 Å². The fraction of sp³-hybridized carbons (Fsp3) is 0.143. The van der Waals surface area contributed by atoms with E-state index in [0.29, 0.717) is 5.02 Å². The van der Waals surface area contributed by atoms with E-state index in [1.54, 1.807) is 0 Å². The van der Waals surface area contributed by atoms with E-state index in [4.69, 9.17) is 26.5 Å². The number of rotatable bonds is 2. The molecule has 0 spiro atoms. The average molecular weight is 223 g/mol. The molecule has 0 aliphatic heterocycles. The number of benzene rings is 1. The van der Waals surface area contributed by atoms with Gasteiger partial charge in [-0.1, -0.05) is 23.7 Å². The fourth-order valence-corrected chi connectivity index (χ4v) is 1.52. The Hall–Kier alpha value is -0.380. The highest BCUT2D eigenvalue weighted by Gasteiger charge is 2.27. The molecule has 0 saturated heterocycles. The Morgan fingerprint density at radius 1 is 1.23 bits per heavy atom. The molecule has 4 nitrogen and oxygen atoms in total. The van der Waals surface area contributed by atoms with Crippen LogP contribution < -0.4 is 0 Å². The van der Waals surface area contributed by atoms with Crippen LogP contribution in [0, 0.1) is 0 Å². The lowest BCUT2D eigenvalue weighted by atomic mass is 10.2. The lowest BCUT2D eigenvalue weighted by Crippen LogP contribution is -1.97. The van der Waals surface area contributed by atoms with E-state index in [1.165, 1.54) is 24.3 Å². The van der Waals surface area contributed by atoms with Crippen molar-refractivity contribution in [2.24, 2.45) is 0 Å². The molecule has 0 radical (unpaired) electrons. The van der Waals surface area contributed by atoms with Gasteiger partial charge in [-0.25, -0.2) is 0 Å². The van der Waals surface area contributed by atoms with E-state index in [9.17, 15) is 4.57 Å². The Bertz CT molecular complexity index is 331. The maximum Gasteiger partial charge on any atom is 0.358 e. The van der Waals surface area contributed by atoms with Gasteiger partial charge < -0.3 is 14.9 Å². The second kappa shape index (κ2) is 3.78. The van der Waals surface area contributed by atoms with Crippen molar-refractivity contribution in [2.45, 2.75) is 5.85 Å². The van der Waals surface area contributed by atoms with Crippen LogP contribution in [-0.4, -0.2) is 14.9 Å². The number of aliphatic hydroxyl groups excluding tert-OH is 1. The molecular formula is C7H8ClO4P. The zero-order valence-corrected chi connectivity index (χ0v) is 8.11. The van der Waals surface area contributed by atoms with Crippen LogP contribution in [0.25, 0.3) is 0 Å². The highest BCUT2D eigenvalue weighted by atomic mass is 35.5. The van der Waals surface area contributed by atoms with Gasteiger partial charge in [-0.15, -0.1) is 0 Å². The number of aliphatic hydroxyl groups is 1. The summed E-state index contributed by atoms with van der Waals surface area (Å²) in [4.78, 5) is 17.3. The summed E-state index contributed by atoms with van der Waals surface area (Å²) in [5.41, 5.74) is 0.151. The molecule has 1 atom stereocenters. The topological polar surface area (TPSA) is 77.8 Å². The first-order chi connectivity index (χ1) is 5.91. The van der Waals surface area contributed by atoms with E-state index >= 15 is 0 Å². The Balaban J connectivity index is 2.97. The molecule has 0 aliphatic rings. The third-order valence-corrected chi connectivity index (χ3v) is 2.67. The monoisotopic (exact) mass is 222 g/mol. The summed E-state index contributed by atoms with van der Waals surface area (Å²) < 4.78 is 10.6. The SMILES string of the molecule is O=P(O)(O)[C@H](O)c1ccc(Cl)cc1. The van der Waals surface area contributed by atoms with Gasteiger partial charge in [0.1, 0.15) is 0 Å². The normalized spacial score (nSPS) is 14.2. The average Bonchev–Trinajstić information content (AvgIpc) is 2.03. The largest absolute Gasteiger partial charge is 0.376 e. The minimum Gasteiger partial charge on any atom is -0.376 e. The Morgan fingerprint density at radius 2 is 1.69 bits per heavy atom. The van der Waals surface area contributed by atoms with Gasteiger partial charge >= 0.3 is 7.60 Å². The second-order valence-corrected chi connectivity index (χ2v) is 4.62. The molecule has 3 N–H and O–H groups in total. The molecule has 0 saturated carbocycles. The fourth-order valence-electron chi connectivity index (χ4n) is 0.829. The maximum absolute atomic E-state index is 10.6. The molecule has 6 heteroatoms. The molecule has 0 bridgehead atoms. The molecule has 0 fully saturated rings. The summed E-state index contributed by atoms with van der Waals surface area (Å²) in [6.07, 6.45) is 0. The molecule has 1 rings (SSSR count). The van der Waals surface area contributed by atoms with Crippen LogP contribution in [-0.2, 0) is 4.57 Å². The van der Waals surface area contributed by atoms with Crippen LogP contribution in [0.4, 0.5) is 0 Å². The predicted molar refractivity (Wildman–Crippen MR) is 48.5 cm³/mol. The molecule has 1 aromatic rings. The van der Waals surface area contributed by atoms with E-state index in [0.717, 1.165) is 0 Å². The molecule has 1 aromatic carbocycles. The van der Waals surface area contributed by atoms with Crippen LogP contribution in [0.15, 0.2) is 24.3 Å². The van der Waals surface area contributed by atoms with Crippen LogP contribution in [0.3, 0.4) is 0 Å². The predicted octanol–water partition coefficient (Wildman–Crippen LogP) is 1.51. The second-order valence-electron chi connectivity index (χ2n) is 2.51. The minimum absolute atomic E-state index is 0.151. The highest BCUT2D eigenvalue weighted by molar-refractivity contribution is 7.51. The van der Waals surface area contributed by atoms with Gasteiger partial charge in [-0.05, 0) is 17.7 Å². The smallest absolute Gasteiger partial charge is 0.358 e. The molecular weight excluding hydrogens is 214 g/mol. The van der Waals surface area contributed by atoms with E-state index in [-0.39, 0.29) is 5.56 Å². The lowest BCUT2D eigenvalue weighted by Gasteiger charge is -2.12. The van der Waals surface area contributed by atoms with Crippen LogP contribution in [0.2, 0.25) is 5.02 Å². The van der Waals surface area contributed by atoms with Gasteiger partial charge in [0.2, 0.25) is 0 Å². The van der Waals surface area contributed by atoms with E-state index in [1.807, 2.05) is 0 Å². The zero-order valence-electron chi connectivity index (χ0n) is 6.46. The van der Waals surface area contributed by atoms with Crippen molar-refractivity contribution >= 4 is 19.2 Å². The molecule has 0 aliphatic carbocycles. The number of hydrogen-bond acceptors (Lipinski definition) is 2. The van der Waals surface area contributed by atoms with Gasteiger partial charge in [0.05, 0.1) is 0 Å². The zero-order chi connectivity index (χ0) is 10.1. The number of hydrogen-bond donors (Lipinski definition) is 3. The van der Waals surface area contributed by atoms with Crippen molar-refractivity contribution in [3.05, 3.63) is 34.9 Å². The summed E-state index contributed by atoms with van der Waals surface area (Å²) in [7, 11) is -4.48. The standard InChI is InChI=1S/C7H8ClO4P/c8-6-3-1-5(2-4-6)7(9)13(10,11)12/h1-4,7,9H,(H2,10,11,12)/t7-/m0/s1. The Labute approximate surface area is 79.9 Å². The van der Waals surface area contributed by atoms with E-state index < -0.39 is 13.4 Å². The van der Waals surface area contributed by atoms with Gasteiger partial charge in [0, 0.05) is 5.02 Å². The van der Waals surface area contributed by atoms with Gasteiger partial charge in [0.15, 0.2) is 5.85 Å².